The molecular weight excluding hydrogens is 349 g/mol. The maximum absolute atomic E-state index is 13.2. The Morgan fingerprint density at radius 3 is 2.26 bits per heavy atom. The second-order valence-corrected chi connectivity index (χ2v) is 6.47. The van der Waals surface area contributed by atoms with Crippen molar-refractivity contribution >= 4 is 17.5 Å². The van der Waals surface area contributed by atoms with Crippen molar-refractivity contribution in [2.45, 2.75) is 6.92 Å². The van der Waals surface area contributed by atoms with Crippen molar-refractivity contribution in [2.75, 3.05) is 26.2 Å². The number of amides is 2. The average Bonchev–Trinajstić information content (AvgIpc) is 3.11. The average molecular weight is 367 g/mol. The molecule has 27 heavy (non-hydrogen) atoms. The summed E-state index contributed by atoms with van der Waals surface area (Å²) < 4.78 is 14.9. The van der Waals surface area contributed by atoms with Crippen molar-refractivity contribution in [3.05, 3.63) is 54.0 Å². The zero-order valence-electron chi connectivity index (χ0n) is 14.8. The fourth-order valence-electron chi connectivity index (χ4n) is 3.22. The van der Waals surface area contributed by atoms with E-state index in [1.165, 1.54) is 19.1 Å². The van der Waals surface area contributed by atoms with Crippen LogP contribution in [-0.4, -0.2) is 62.4 Å². The number of halogens is 1. The van der Waals surface area contributed by atoms with Crippen molar-refractivity contribution < 1.29 is 14.0 Å². The molecule has 3 aromatic rings. The van der Waals surface area contributed by atoms with Gasteiger partial charge in [-0.3, -0.25) is 14.0 Å². The maximum atomic E-state index is 13.2. The molecule has 7 nitrogen and oxygen atoms in total. The van der Waals surface area contributed by atoms with E-state index in [9.17, 15) is 14.0 Å². The molecule has 3 heterocycles. The fourth-order valence-corrected chi connectivity index (χ4v) is 3.22. The number of piperazine rings is 1. The third-order valence-electron chi connectivity index (χ3n) is 4.76. The minimum absolute atomic E-state index is 0.0250. The number of fused-ring (bicyclic) bond motifs is 1. The highest BCUT2D eigenvalue weighted by Crippen LogP contribution is 2.20. The predicted octanol–water partition coefficient (Wildman–Crippen LogP) is 1.84. The molecule has 2 amide bonds. The summed E-state index contributed by atoms with van der Waals surface area (Å²) in [6.45, 7) is 3.62. The molecular formula is C19H18FN5O2. The summed E-state index contributed by atoms with van der Waals surface area (Å²) in [6.07, 6.45) is 1.70. The van der Waals surface area contributed by atoms with Crippen LogP contribution in [0.4, 0.5) is 4.39 Å². The van der Waals surface area contributed by atoms with Gasteiger partial charge in [0, 0.05) is 44.9 Å². The number of carbonyl (C=O) groups excluding carboxylic acids is 2. The number of hydrogen-bond donors (Lipinski definition) is 0. The van der Waals surface area contributed by atoms with Crippen LogP contribution in [0.2, 0.25) is 0 Å². The van der Waals surface area contributed by atoms with Crippen LogP contribution < -0.4 is 0 Å². The molecule has 0 bridgehead atoms. The predicted molar refractivity (Wildman–Crippen MR) is 96.5 cm³/mol. The molecule has 138 valence electrons. The number of nitrogens with zero attached hydrogens (tertiary/aromatic N) is 5. The van der Waals surface area contributed by atoms with Crippen LogP contribution in [-0.2, 0) is 4.79 Å². The monoisotopic (exact) mass is 367 g/mol. The van der Waals surface area contributed by atoms with Crippen LogP contribution >= 0.6 is 0 Å². The molecule has 0 radical (unpaired) electrons. The van der Waals surface area contributed by atoms with Gasteiger partial charge in [-0.2, -0.15) is 0 Å². The van der Waals surface area contributed by atoms with Gasteiger partial charge in [0.1, 0.15) is 5.82 Å². The van der Waals surface area contributed by atoms with Crippen LogP contribution in [0.3, 0.4) is 0 Å². The molecule has 0 saturated carbocycles. The summed E-state index contributed by atoms with van der Waals surface area (Å²) >= 11 is 0. The molecule has 4 rings (SSSR count). The Labute approximate surface area is 155 Å². The fraction of sp³-hybridized carbons (Fsp3) is 0.263. The van der Waals surface area contributed by atoms with Crippen molar-refractivity contribution in [1.29, 1.82) is 0 Å². The first-order valence-electron chi connectivity index (χ1n) is 8.68. The smallest absolute Gasteiger partial charge is 0.255 e. The van der Waals surface area contributed by atoms with Crippen LogP contribution in [0.15, 0.2) is 42.6 Å². The molecule has 0 N–H and O–H groups in total. The van der Waals surface area contributed by atoms with Crippen LogP contribution in [0.25, 0.3) is 17.0 Å². The van der Waals surface area contributed by atoms with Gasteiger partial charge in [-0.15, -0.1) is 10.2 Å². The molecule has 8 heteroatoms. The molecule has 1 aromatic carbocycles. The Bertz CT molecular complexity index is 1010. The first-order chi connectivity index (χ1) is 13.0. The summed E-state index contributed by atoms with van der Waals surface area (Å²) in [7, 11) is 0. The first kappa shape index (κ1) is 17.1. The zero-order chi connectivity index (χ0) is 19.0. The standard InChI is InChI=1S/C19H18FN5O2/c1-13(26)23-8-10-24(11-9-23)19(27)15-4-7-17-21-22-18(25(17)12-15)14-2-5-16(20)6-3-14/h2-7,12H,8-11H2,1H3. The number of benzene rings is 1. The van der Waals surface area contributed by atoms with E-state index in [0.29, 0.717) is 48.8 Å². The lowest BCUT2D eigenvalue weighted by atomic mass is 10.2. The summed E-state index contributed by atoms with van der Waals surface area (Å²) in [5.41, 5.74) is 1.83. The summed E-state index contributed by atoms with van der Waals surface area (Å²) in [4.78, 5) is 27.8. The second-order valence-electron chi connectivity index (χ2n) is 6.47. The molecule has 0 unspecified atom stereocenters. The number of hydrogen-bond acceptors (Lipinski definition) is 4. The summed E-state index contributed by atoms with van der Waals surface area (Å²) in [5, 5.41) is 8.27. The maximum Gasteiger partial charge on any atom is 0.255 e. The van der Waals surface area contributed by atoms with Gasteiger partial charge in [0.15, 0.2) is 11.5 Å². The SMILES string of the molecule is CC(=O)N1CCN(C(=O)c2ccc3nnc(-c4ccc(F)cc4)n3c2)CC1. The quantitative estimate of drug-likeness (QED) is 0.693. The van der Waals surface area contributed by atoms with Gasteiger partial charge in [0.25, 0.3) is 5.91 Å². The lowest BCUT2D eigenvalue weighted by molar-refractivity contribution is -0.130. The van der Waals surface area contributed by atoms with Crippen molar-refractivity contribution in [1.82, 2.24) is 24.4 Å². The van der Waals surface area contributed by atoms with E-state index in [2.05, 4.69) is 10.2 Å². The van der Waals surface area contributed by atoms with Gasteiger partial charge in [-0.25, -0.2) is 4.39 Å². The highest BCUT2D eigenvalue weighted by molar-refractivity contribution is 5.94. The Morgan fingerprint density at radius 2 is 1.59 bits per heavy atom. The summed E-state index contributed by atoms with van der Waals surface area (Å²) in [6, 6.07) is 9.43. The molecule has 1 aliphatic rings. The van der Waals surface area contributed by atoms with Gasteiger partial charge in [-0.1, -0.05) is 0 Å². The van der Waals surface area contributed by atoms with E-state index >= 15 is 0 Å². The molecule has 1 fully saturated rings. The zero-order valence-corrected chi connectivity index (χ0v) is 14.8. The van der Waals surface area contributed by atoms with Gasteiger partial charge < -0.3 is 9.80 Å². The number of rotatable bonds is 2. The van der Waals surface area contributed by atoms with Crippen LogP contribution in [0, 0.1) is 5.82 Å². The highest BCUT2D eigenvalue weighted by Gasteiger charge is 2.24. The number of pyridine rings is 1. The van der Waals surface area contributed by atoms with Gasteiger partial charge in [0.2, 0.25) is 5.91 Å². The Morgan fingerprint density at radius 1 is 0.926 bits per heavy atom. The van der Waals surface area contributed by atoms with Crippen LogP contribution in [0.1, 0.15) is 17.3 Å². The third-order valence-corrected chi connectivity index (χ3v) is 4.76. The van der Waals surface area contributed by atoms with Gasteiger partial charge in [0.05, 0.1) is 5.56 Å². The highest BCUT2D eigenvalue weighted by atomic mass is 19.1. The Balaban J connectivity index is 1.61. The molecule has 1 saturated heterocycles. The second kappa shape index (κ2) is 6.79. The van der Waals surface area contributed by atoms with E-state index in [-0.39, 0.29) is 17.6 Å². The van der Waals surface area contributed by atoms with Crippen molar-refractivity contribution in [3.8, 4) is 11.4 Å². The minimum atomic E-state index is -0.326. The Hall–Kier alpha value is -3.29. The molecule has 1 aliphatic heterocycles. The first-order valence-corrected chi connectivity index (χ1v) is 8.68. The lowest BCUT2D eigenvalue weighted by Gasteiger charge is -2.34. The van der Waals surface area contributed by atoms with Crippen LogP contribution in [0.5, 0.6) is 0 Å². The third kappa shape index (κ3) is 3.25. The lowest BCUT2D eigenvalue weighted by Crippen LogP contribution is -2.50. The molecule has 2 aromatic heterocycles. The van der Waals surface area contributed by atoms with Gasteiger partial charge in [-0.05, 0) is 36.4 Å². The minimum Gasteiger partial charge on any atom is -0.339 e. The van der Waals surface area contributed by atoms with E-state index in [4.69, 9.17) is 0 Å². The molecule has 0 aliphatic carbocycles. The number of carbonyl (C=O) groups is 2. The van der Waals surface area contributed by atoms with E-state index in [1.807, 2.05) is 0 Å². The topological polar surface area (TPSA) is 70.8 Å². The Kier molecular flexibility index (Phi) is 4.31. The van der Waals surface area contributed by atoms with E-state index in [1.54, 1.807) is 44.7 Å². The molecule has 0 spiro atoms. The largest absolute Gasteiger partial charge is 0.339 e. The van der Waals surface area contributed by atoms with E-state index in [0.717, 1.165) is 0 Å². The van der Waals surface area contributed by atoms with Crippen molar-refractivity contribution in [3.63, 3.8) is 0 Å². The normalized spacial score (nSPS) is 14.6. The van der Waals surface area contributed by atoms with Crippen molar-refractivity contribution in [2.24, 2.45) is 0 Å². The number of aromatic nitrogens is 3. The summed E-state index contributed by atoms with van der Waals surface area (Å²) in [5.74, 6) is 0.144. The van der Waals surface area contributed by atoms with Gasteiger partial charge >= 0.3 is 0 Å². The van der Waals surface area contributed by atoms with E-state index < -0.39 is 0 Å². The molecule has 0 atom stereocenters.